The highest BCUT2D eigenvalue weighted by Crippen LogP contribution is 2.36. The lowest BCUT2D eigenvalue weighted by Crippen LogP contribution is -2.31. The zero-order valence-electron chi connectivity index (χ0n) is 17.6. The largest absolute Gasteiger partial charge is 0.417 e. The first-order chi connectivity index (χ1) is 16.0. The Hall–Kier alpha value is -3.65. The minimum absolute atomic E-state index is 0.0880. The fraction of sp³-hybridized carbons (Fsp3) is 0.200. The lowest BCUT2D eigenvalue weighted by Gasteiger charge is -2.28. The molecule has 4 aromatic rings. The van der Waals surface area contributed by atoms with Crippen molar-refractivity contribution in [1.82, 2.24) is 24.8 Å². The molecular weight excluding hydrogens is 427 g/mol. The monoisotopic (exact) mass is 447 g/mol. The maximum absolute atomic E-state index is 13.3. The van der Waals surface area contributed by atoms with Crippen molar-refractivity contribution in [3.63, 3.8) is 0 Å². The van der Waals surface area contributed by atoms with Crippen LogP contribution in [-0.2, 0) is 25.7 Å². The van der Waals surface area contributed by atoms with Gasteiger partial charge < -0.3 is 0 Å². The van der Waals surface area contributed by atoms with Crippen LogP contribution in [0.25, 0.3) is 22.6 Å². The Balaban J connectivity index is 1.29. The van der Waals surface area contributed by atoms with Gasteiger partial charge in [0.2, 0.25) is 0 Å². The molecular formula is C25H20F3N5. The molecule has 166 valence electrons. The summed E-state index contributed by atoms with van der Waals surface area (Å²) in [6.45, 7) is 2.19. The van der Waals surface area contributed by atoms with Crippen LogP contribution < -0.4 is 0 Å². The van der Waals surface area contributed by atoms with Gasteiger partial charge in [0.25, 0.3) is 0 Å². The van der Waals surface area contributed by atoms with Crippen molar-refractivity contribution in [3.05, 3.63) is 95.7 Å². The average Bonchev–Trinajstić information content (AvgIpc) is 2.84. The van der Waals surface area contributed by atoms with Crippen molar-refractivity contribution >= 4 is 0 Å². The Labute approximate surface area is 189 Å². The summed E-state index contributed by atoms with van der Waals surface area (Å²) in [4.78, 5) is 19.9. The number of pyridine rings is 2. The van der Waals surface area contributed by atoms with Crippen molar-refractivity contribution in [2.45, 2.75) is 25.7 Å². The van der Waals surface area contributed by atoms with E-state index in [9.17, 15) is 13.2 Å². The van der Waals surface area contributed by atoms with Crippen LogP contribution in [0.3, 0.4) is 0 Å². The Morgan fingerprint density at radius 3 is 2.55 bits per heavy atom. The summed E-state index contributed by atoms with van der Waals surface area (Å²) in [5.41, 5.74) is 3.68. The summed E-state index contributed by atoms with van der Waals surface area (Å²) >= 11 is 0. The Bertz CT molecular complexity index is 1260. The van der Waals surface area contributed by atoms with E-state index >= 15 is 0 Å². The maximum Gasteiger partial charge on any atom is 0.417 e. The van der Waals surface area contributed by atoms with E-state index < -0.39 is 11.7 Å². The number of halogens is 3. The molecule has 0 spiro atoms. The van der Waals surface area contributed by atoms with Gasteiger partial charge in [-0.2, -0.15) is 13.2 Å². The lowest BCUT2D eigenvalue weighted by atomic mass is 10.0. The number of alkyl halides is 3. The number of hydrogen-bond donors (Lipinski definition) is 0. The van der Waals surface area contributed by atoms with E-state index in [1.54, 1.807) is 30.7 Å². The molecule has 0 radical (unpaired) electrons. The van der Waals surface area contributed by atoms with Gasteiger partial charge in [-0.25, -0.2) is 9.97 Å². The molecule has 33 heavy (non-hydrogen) atoms. The summed E-state index contributed by atoms with van der Waals surface area (Å²) in [6.07, 6.45) is 3.37. The predicted octanol–water partition coefficient (Wildman–Crippen LogP) is 5.18. The van der Waals surface area contributed by atoms with Gasteiger partial charge in [0, 0.05) is 67.5 Å². The minimum Gasteiger partial charge on any atom is -0.294 e. The summed E-state index contributed by atoms with van der Waals surface area (Å²) in [5.74, 6) is 0.675. The van der Waals surface area contributed by atoms with Gasteiger partial charge in [-0.3, -0.25) is 14.9 Å². The van der Waals surface area contributed by atoms with Crippen LogP contribution in [0.2, 0.25) is 0 Å². The second-order valence-electron chi connectivity index (χ2n) is 7.96. The second kappa shape index (κ2) is 8.71. The molecule has 1 aliphatic heterocycles. The highest BCUT2D eigenvalue weighted by Gasteiger charge is 2.33. The lowest BCUT2D eigenvalue weighted by molar-refractivity contribution is -0.137. The standard InChI is InChI=1S/C25H20F3N5/c26-25(27,28)21-6-2-1-5-20(21)23-8-7-17(12-30-23)15-33-11-9-22-19(16-33)14-31-24(32-22)18-4-3-10-29-13-18/h1-8,10,12-14H,9,11,15-16H2. The van der Waals surface area contributed by atoms with E-state index in [2.05, 4.69) is 19.9 Å². The van der Waals surface area contributed by atoms with Gasteiger partial charge in [-0.05, 0) is 29.8 Å². The number of rotatable bonds is 4. The van der Waals surface area contributed by atoms with Gasteiger partial charge in [-0.1, -0.05) is 24.3 Å². The van der Waals surface area contributed by atoms with Crippen molar-refractivity contribution in [3.8, 4) is 22.6 Å². The quantitative estimate of drug-likeness (QED) is 0.432. The molecule has 0 bridgehead atoms. The van der Waals surface area contributed by atoms with Gasteiger partial charge in [-0.15, -0.1) is 0 Å². The average molecular weight is 447 g/mol. The maximum atomic E-state index is 13.3. The third-order valence-electron chi connectivity index (χ3n) is 5.67. The van der Waals surface area contributed by atoms with Crippen LogP contribution >= 0.6 is 0 Å². The summed E-state index contributed by atoms with van der Waals surface area (Å²) in [5, 5.41) is 0. The molecule has 4 heterocycles. The minimum atomic E-state index is -4.42. The molecule has 0 saturated carbocycles. The first kappa shape index (κ1) is 21.2. The topological polar surface area (TPSA) is 54.8 Å². The number of nitrogens with zero attached hydrogens (tertiary/aromatic N) is 5. The Morgan fingerprint density at radius 1 is 0.909 bits per heavy atom. The molecule has 1 aliphatic rings. The summed E-state index contributed by atoms with van der Waals surface area (Å²) in [6, 6.07) is 12.8. The van der Waals surface area contributed by atoms with Crippen molar-refractivity contribution < 1.29 is 13.2 Å². The first-order valence-electron chi connectivity index (χ1n) is 10.6. The molecule has 0 amide bonds. The van der Waals surface area contributed by atoms with E-state index in [0.717, 1.165) is 41.4 Å². The molecule has 8 heteroatoms. The molecule has 0 N–H and O–H groups in total. The Kier molecular flexibility index (Phi) is 5.60. The zero-order chi connectivity index (χ0) is 22.8. The van der Waals surface area contributed by atoms with Crippen molar-refractivity contribution in [2.24, 2.45) is 0 Å². The molecule has 0 atom stereocenters. The van der Waals surface area contributed by atoms with Gasteiger partial charge >= 0.3 is 6.18 Å². The molecule has 5 nitrogen and oxygen atoms in total. The van der Waals surface area contributed by atoms with Gasteiger partial charge in [0.15, 0.2) is 5.82 Å². The van der Waals surface area contributed by atoms with E-state index in [1.165, 1.54) is 12.1 Å². The number of hydrogen-bond acceptors (Lipinski definition) is 5. The van der Waals surface area contributed by atoms with Crippen molar-refractivity contribution in [1.29, 1.82) is 0 Å². The predicted molar refractivity (Wildman–Crippen MR) is 118 cm³/mol. The van der Waals surface area contributed by atoms with Crippen LogP contribution in [0.15, 0.2) is 73.3 Å². The second-order valence-corrected chi connectivity index (χ2v) is 7.96. The molecule has 3 aromatic heterocycles. The molecule has 0 fully saturated rings. The van der Waals surface area contributed by atoms with E-state index in [0.29, 0.717) is 24.6 Å². The van der Waals surface area contributed by atoms with E-state index in [4.69, 9.17) is 4.98 Å². The normalized spacial score (nSPS) is 14.2. The van der Waals surface area contributed by atoms with Crippen LogP contribution in [0, 0.1) is 0 Å². The Morgan fingerprint density at radius 2 is 1.79 bits per heavy atom. The van der Waals surface area contributed by atoms with Crippen LogP contribution in [0.5, 0.6) is 0 Å². The third kappa shape index (κ3) is 4.61. The third-order valence-corrected chi connectivity index (χ3v) is 5.67. The summed E-state index contributed by atoms with van der Waals surface area (Å²) < 4.78 is 40.0. The fourth-order valence-corrected chi connectivity index (χ4v) is 4.03. The first-order valence-corrected chi connectivity index (χ1v) is 10.6. The molecule has 0 aliphatic carbocycles. The van der Waals surface area contributed by atoms with Crippen LogP contribution in [0.4, 0.5) is 13.2 Å². The number of benzene rings is 1. The number of aromatic nitrogens is 4. The smallest absolute Gasteiger partial charge is 0.294 e. The van der Waals surface area contributed by atoms with E-state index in [1.807, 2.05) is 24.4 Å². The molecule has 0 unspecified atom stereocenters. The fourth-order valence-electron chi connectivity index (χ4n) is 4.03. The molecule has 0 saturated heterocycles. The van der Waals surface area contributed by atoms with Crippen LogP contribution in [0.1, 0.15) is 22.4 Å². The molecule has 1 aromatic carbocycles. The van der Waals surface area contributed by atoms with E-state index in [-0.39, 0.29) is 5.56 Å². The summed E-state index contributed by atoms with van der Waals surface area (Å²) in [7, 11) is 0. The van der Waals surface area contributed by atoms with Crippen molar-refractivity contribution in [2.75, 3.05) is 6.54 Å². The zero-order valence-corrected chi connectivity index (χ0v) is 17.6. The van der Waals surface area contributed by atoms with Gasteiger partial charge in [0.05, 0.1) is 17.0 Å². The van der Waals surface area contributed by atoms with Crippen LogP contribution in [-0.4, -0.2) is 31.4 Å². The number of fused-ring (bicyclic) bond motifs is 1. The highest BCUT2D eigenvalue weighted by molar-refractivity contribution is 5.64. The van der Waals surface area contributed by atoms with Gasteiger partial charge in [0.1, 0.15) is 0 Å². The SMILES string of the molecule is FC(F)(F)c1ccccc1-c1ccc(CN2CCc3nc(-c4cccnc4)ncc3C2)cn1. The highest BCUT2D eigenvalue weighted by atomic mass is 19.4. The molecule has 5 rings (SSSR count).